The number of benzene rings is 1. The topological polar surface area (TPSA) is 104 Å². The average Bonchev–Trinajstić information content (AvgIpc) is 2.37. The molecule has 0 saturated carbocycles. The SMILES string of the molecule is O=C(O)CCC[C@@H](NC(=O)c1ccc(F)cc1)C(=O)O. The Morgan fingerprint density at radius 3 is 2.25 bits per heavy atom. The Morgan fingerprint density at radius 2 is 1.75 bits per heavy atom. The summed E-state index contributed by atoms with van der Waals surface area (Å²) in [7, 11) is 0. The van der Waals surface area contributed by atoms with Crippen LogP contribution in [0.4, 0.5) is 4.39 Å². The van der Waals surface area contributed by atoms with Crippen molar-refractivity contribution in [3.05, 3.63) is 35.6 Å². The highest BCUT2D eigenvalue weighted by Gasteiger charge is 2.20. The van der Waals surface area contributed by atoms with Crippen LogP contribution in [-0.2, 0) is 9.59 Å². The van der Waals surface area contributed by atoms with Crippen LogP contribution in [0.5, 0.6) is 0 Å². The lowest BCUT2D eigenvalue weighted by Gasteiger charge is -2.14. The Kier molecular flexibility index (Phi) is 5.64. The Bertz CT molecular complexity index is 500. The Hall–Kier alpha value is -2.44. The van der Waals surface area contributed by atoms with E-state index in [4.69, 9.17) is 10.2 Å². The van der Waals surface area contributed by atoms with Crippen LogP contribution in [0.1, 0.15) is 29.6 Å². The van der Waals surface area contributed by atoms with E-state index in [0.717, 1.165) is 12.1 Å². The average molecular weight is 283 g/mol. The van der Waals surface area contributed by atoms with Crippen LogP contribution in [0.25, 0.3) is 0 Å². The Labute approximate surface area is 114 Å². The molecule has 0 heterocycles. The van der Waals surface area contributed by atoms with Crippen molar-refractivity contribution in [1.29, 1.82) is 0 Å². The van der Waals surface area contributed by atoms with Crippen LogP contribution in [0.15, 0.2) is 24.3 Å². The second kappa shape index (κ2) is 7.22. The summed E-state index contributed by atoms with van der Waals surface area (Å²) in [6.07, 6.45) is -0.0270. The minimum Gasteiger partial charge on any atom is -0.481 e. The van der Waals surface area contributed by atoms with Crippen molar-refractivity contribution in [3.8, 4) is 0 Å². The maximum atomic E-state index is 12.7. The van der Waals surface area contributed by atoms with Gasteiger partial charge in [0.05, 0.1) is 0 Å². The monoisotopic (exact) mass is 283 g/mol. The Morgan fingerprint density at radius 1 is 1.15 bits per heavy atom. The molecule has 0 aliphatic heterocycles. The van der Waals surface area contributed by atoms with Crippen LogP contribution < -0.4 is 5.32 Å². The third-order valence-electron chi connectivity index (χ3n) is 2.59. The van der Waals surface area contributed by atoms with Crippen molar-refractivity contribution in [2.75, 3.05) is 0 Å². The van der Waals surface area contributed by atoms with Gasteiger partial charge >= 0.3 is 11.9 Å². The zero-order chi connectivity index (χ0) is 15.1. The van der Waals surface area contributed by atoms with Crippen LogP contribution in [0, 0.1) is 5.82 Å². The van der Waals surface area contributed by atoms with Gasteiger partial charge < -0.3 is 15.5 Å². The first-order valence-electron chi connectivity index (χ1n) is 5.91. The quantitative estimate of drug-likeness (QED) is 0.699. The lowest BCUT2D eigenvalue weighted by Crippen LogP contribution is -2.40. The maximum absolute atomic E-state index is 12.7. The number of carboxylic acids is 2. The normalized spacial score (nSPS) is 11.7. The van der Waals surface area contributed by atoms with Gasteiger partial charge in [-0.1, -0.05) is 0 Å². The second-order valence-electron chi connectivity index (χ2n) is 4.16. The molecule has 0 fully saturated rings. The van der Waals surface area contributed by atoms with Crippen molar-refractivity contribution in [2.24, 2.45) is 0 Å². The number of hydrogen-bond donors (Lipinski definition) is 3. The number of carbonyl (C=O) groups excluding carboxylic acids is 1. The molecule has 6 nitrogen and oxygen atoms in total. The highest BCUT2D eigenvalue weighted by atomic mass is 19.1. The summed E-state index contributed by atoms with van der Waals surface area (Å²) in [6, 6.07) is 3.48. The van der Waals surface area contributed by atoms with Crippen LogP contribution in [0.2, 0.25) is 0 Å². The summed E-state index contributed by atoms with van der Waals surface area (Å²) in [4.78, 5) is 33.1. The van der Waals surface area contributed by atoms with E-state index in [2.05, 4.69) is 5.32 Å². The lowest BCUT2D eigenvalue weighted by atomic mass is 10.1. The summed E-state index contributed by atoms with van der Waals surface area (Å²) in [5, 5.41) is 19.7. The largest absolute Gasteiger partial charge is 0.481 e. The van der Waals surface area contributed by atoms with E-state index in [0.29, 0.717) is 0 Å². The first kappa shape index (κ1) is 15.6. The third kappa shape index (κ3) is 5.05. The molecular formula is C13H14FNO5. The van der Waals surface area contributed by atoms with E-state index in [1.165, 1.54) is 12.1 Å². The maximum Gasteiger partial charge on any atom is 0.326 e. The predicted molar refractivity (Wildman–Crippen MR) is 66.8 cm³/mol. The molecule has 1 rings (SSSR count). The summed E-state index contributed by atoms with van der Waals surface area (Å²) in [6.45, 7) is 0. The first-order chi connectivity index (χ1) is 9.40. The zero-order valence-electron chi connectivity index (χ0n) is 10.5. The van der Waals surface area contributed by atoms with Gasteiger partial charge in [-0.3, -0.25) is 9.59 Å². The van der Waals surface area contributed by atoms with Crippen molar-refractivity contribution < 1.29 is 29.0 Å². The summed E-state index contributed by atoms with van der Waals surface area (Å²) < 4.78 is 12.7. The fourth-order valence-corrected chi connectivity index (χ4v) is 1.56. The molecule has 1 aromatic carbocycles. The molecule has 0 aliphatic carbocycles. The Balaban J connectivity index is 2.60. The molecule has 0 aromatic heterocycles. The van der Waals surface area contributed by atoms with E-state index in [1.807, 2.05) is 0 Å². The standard InChI is InChI=1S/C13H14FNO5/c14-9-6-4-8(5-7-9)12(18)15-10(13(19)20)2-1-3-11(16)17/h4-7,10H,1-3H2,(H,15,18)(H,16,17)(H,19,20)/t10-/m1/s1. The highest BCUT2D eigenvalue weighted by molar-refractivity contribution is 5.96. The van der Waals surface area contributed by atoms with E-state index in [-0.39, 0.29) is 24.8 Å². The molecule has 0 aliphatic rings. The fraction of sp³-hybridized carbons (Fsp3) is 0.308. The van der Waals surface area contributed by atoms with Gasteiger partial charge in [0.25, 0.3) is 5.91 Å². The van der Waals surface area contributed by atoms with Crippen molar-refractivity contribution in [1.82, 2.24) is 5.32 Å². The van der Waals surface area contributed by atoms with E-state index < -0.39 is 29.7 Å². The third-order valence-corrected chi connectivity index (χ3v) is 2.59. The molecule has 0 radical (unpaired) electrons. The number of amides is 1. The molecule has 0 saturated heterocycles. The number of halogens is 1. The van der Waals surface area contributed by atoms with Crippen LogP contribution >= 0.6 is 0 Å². The zero-order valence-corrected chi connectivity index (χ0v) is 10.5. The summed E-state index contributed by atoms with van der Waals surface area (Å²) in [5.41, 5.74) is 0.135. The lowest BCUT2D eigenvalue weighted by molar-refractivity contribution is -0.140. The molecule has 1 amide bonds. The van der Waals surface area contributed by atoms with Gasteiger partial charge in [-0.2, -0.15) is 0 Å². The van der Waals surface area contributed by atoms with Gasteiger partial charge in [-0.15, -0.1) is 0 Å². The van der Waals surface area contributed by atoms with Gasteiger partial charge in [0.2, 0.25) is 0 Å². The highest BCUT2D eigenvalue weighted by Crippen LogP contribution is 2.06. The molecule has 0 spiro atoms. The molecule has 1 aromatic rings. The van der Waals surface area contributed by atoms with Crippen LogP contribution in [-0.4, -0.2) is 34.1 Å². The number of carbonyl (C=O) groups is 3. The van der Waals surface area contributed by atoms with Gasteiger partial charge in [0, 0.05) is 12.0 Å². The number of carboxylic acid groups (broad SMARTS) is 2. The smallest absolute Gasteiger partial charge is 0.326 e. The molecule has 7 heteroatoms. The van der Waals surface area contributed by atoms with Gasteiger partial charge in [0.15, 0.2) is 0 Å². The number of nitrogens with one attached hydrogen (secondary N) is 1. The molecule has 108 valence electrons. The minimum absolute atomic E-state index is 0.00850. The molecular weight excluding hydrogens is 269 g/mol. The predicted octanol–water partition coefficient (Wildman–Crippen LogP) is 1.26. The van der Waals surface area contributed by atoms with E-state index >= 15 is 0 Å². The van der Waals surface area contributed by atoms with Gasteiger partial charge in [-0.05, 0) is 37.1 Å². The van der Waals surface area contributed by atoms with Crippen LogP contribution in [0.3, 0.4) is 0 Å². The second-order valence-corrected chi connectivity index (χ2v) is 4.16. The number of aliphatic carboxylic acids is 2. The van der Waals surface area contributed by atoms with Crippen molar-refractivity contribution >= 4 is 17.8 Å². The molecule has 0 bridgehead atoms. The van der Waals surface area contributed by atoms with Crippen molar-refractivity contribution in [2.45, 2.75) is 25.3 Å². The summed E-state index contributed by atoms with van der Waals surface area (Å²) in [5.74, 6) is -3.42. The molecule has 1 atom stereocenters. The minimum atomic E-state index is -1.24. The number of hydrogen-bond acceptors (Lipinski definition) is 3. The van der Waals surface area contributed by atoms with Crippen molar-refractivity contribution in [3.63, 3.8) is 0 Å². The van der Waals surface area contributed by atoms with Gasteiger partial charge in [0.1, 0.15) is 11.9 Å². The summed E-state index contributed by atoms with van der Waals surface area (Å²) >= 11 is 0. The van der Waals surface area contributed by atoms with E-state index in [9.17, 15) is 18.8 Å². The fourth-order valence-electron chi connectivity index (χ4n) is 1.56. The molecule has 20 heavy (non-hydrogen) atoms. The molecule has 0 unspecified atom stereocenters. The first-order valence-corrected chi connectivity index (χ1v) is 5.91. The molecule has 3 N–H and O–H groups in total. The number of rotatable bonds is 7. The van der Waals surface area contributed by atoms with Gasteiger partial charge in [-0.25, -0.2) is 9.18 Å². The van der Waals surface area contributed by atoms with E-state index in [1.54, 1.807) is 0 Å².